The second-order valence-corrected chi connectivity index (χ2v) is 4.27. The highest BCUT2D eigenvalue weighted by Crippen LogP contribution is 2.03. The van der Waals surface area contributed by atoms with E-state index in [1.807, 2.05) is 0 Å². The Kier molecular flexibility index (Phi) is 8.46. The van der Waals surface area contributed by atoms with E-state index < -0.39 is 0 Å². The average molecular weight is 187 g/mol. The van der Waals surface area contributed by atoms with Crippen LogP contribution in [0.1, 0.15) is 46.5 Å². The van der Waals surface area contributed by atoms with Gasteiger partial charge < -0.3 is 10.4 Å². The molecule has 0 radical (unpaired) electrons. The monoisotopic (exact) mass is 187 g/mol. The minimum absolute atomic E-state index is 0.335. The largest absolute Gasteiger partial charge is 0.396 e. The van der Waals surface area contributed by atoms with Gasteiger partial charge in [-0.15, -0.1) is 0 Å². The summed E-state index contributed by atoms with van der Waals surface area (Å²) in [6.07, 6.45) is 4.52. The minimum atomic E-state index is 0.335. The number of rotatable bonds is 8. The fraction of sp³-hybridized carbons (Fsp3) is 1.00. The van der Waals surface area contributed by atoms with Gasteiger partial charge in [0.25, 0.3) is 0 Å². The number of aliphatic hydroxyl groups excluding tert-OH is 1. The Morgan fingerprint density at radius 2 is 1.77 bits per heavy atom. The highest BCUT2D eigenvalue weighted by Gasteiger charge is 2.02. The van der Waals surface area contributed by atoms with E-state index in [4.69, 9.17) is 5.11 Å². The van der Waals surface area contributed by atoms with Crippen molar-refractivity contribution in [3.05, 3.63) is 0 Å². The topological polar surface area (TPSA) is 32.3 Å². The van der Waals surface area contributed by atoms with Crippen molar-refractivity contribution >= 4 is 0 Å². The van der Waals surface area contributed by atoms with Crippen molar-refractivity contribution in [3.8, 4) is 0 Å². The molecule has 2 heteroatoms. The number of aliphatic hydroxyl groups is 1. The molecular weight excluding hydrogens is 162 g/mol. The molecule has 1 unspecified atom stereocenters. The van der Waals surface area contributed by atoms with E-state index in [2.05, 4.69) is 26.1 Å². The van der Waals surface area contributed by atoms with Gasteiger partial charge in [-0.05, 0) is 45.1 Å². The maximum Gasteiger partial charge on any atom is 0.0431 e. The van der Waals surface area contributed by atoms with Crippen molar-refractivity contribution in [2.24, 2.45) is 5.92 Å². The summed E-state index contributed by atoms with van der Waals surface area (Å²) >= 11 is 0. The first kappa shape index (κ1) is 12.9. The Balaban J connectivity index is 3.12. The van der Waals surface area contributed by atoms with Crippen LogP contribution in [0.5, 0.6) is 0 Å². The Morgan fingerprint density at radius 1 is 1.08 bits per heavy atom. The summed E-state index contributed by atoms with van der Waals surface area (Å²) in [6, 6.07) is 0.633. The fourth-order valence-corrected chi connectivity index (χ4v) is 1.55. The highest BCUT2D eigenvalue weighted by molar-refractivity contribution is 4.62. The summed E-state index contributed by atoms with van der Waals surface area (Å²) in [5.41, 5.74) is 0. The molecule has 0 aliphatic heterocycles. The molecule has 1 atom stereocenters. The van der Waals surface area contributed by atoms with Gasteiger partial charge in [0.15, 0.2) is 0 Å². The molecule has 0 saturated carbocycles. The predicted octanol–water partition coefficient (Wildman–Crippen LogP) is 2.17. The van der Waals surface area contributed by atoms with Gasteiger partial charge in [-0.25, -0.2) is 0 Å². The summed E-state index contributed by atoms with van der Waals surface area (Å²) in [6.45, 7) is 8.18. The lowest BCUT2D eigenvalue weighted by Gasteiger charge is -2.15. The fourth-order valence-electron chi connectivity index (χ4n) is 1.55. The molecule has 2 N–H and O–H groups in total. The van der Waals surface area contributed by atoms with E-state index in [0.29, 0.717) is 12.6 Å². The summed E-state index contributed by atoms with van der Waals surface area (Å²) < 4.78 is 0. The average Bonchev–Trinajstić information content (AvgIpc) is 2.02. The summed E-state index contributed by atoms with van der Waals surface area (Å²) in [4.78, 5) is 0. The molecular formula is C11H25NO. The van der Waals surface area contributed by atoms with E-state index in [0.717, 1.165) is 25.3 Å². The lowest BCUT2D eigenvalue weighted by Crippen LogP contribution is -2.28. The molecule has 0 saturated heterocycles. The van der Waals surface area contributed by atoms with Crippen LogP contribution in [-0.2, 0) is 0 Å². The smallest absolute Gasteiger partial charge is 0.0431 e. The zero-order chi connectivity index (χ0) is 10.1. The molecule has 13 heavy (non-hydrogen) atoms. The van der Waals surface area contributed by atoms with Crippen molar-refractivity contribution in [2.75, 3.05) is 13.2 Å². The summed E-state index contributed by atoms with van der Waals surface area (Å²) in [5, 5.41) is 12.1. The molecule has 0 aromatic rings. The Hall–Kier alpha value is -0.0800. The van der Waals surface area contributed by atoms with E-state index in [1.54, 1.807) is 0 Å². The third kappa shape index (κ3) is 9.84. The highest BCUT2D eigenvalue weighted by atomic mass is 16.2. The molecule has 0 aliphatic rings. The van der Waals surface area contributed by atoms with Gasteiger partial charge in [0.05, 0.1) is 0 Å². The number of unbranched alkanes of at least 4 members (excludes halogenated alkanes) is 2. The minimum Gasteiger partial charge on any atom is -0.396 e. The van der Waals surface area contributed by atoms with Crippen LogP contribution in [0.4, 0.5) is 0 Å². The molecule has 80 valence electrons. The van der Waals surface area contributed by atoms with Crippen molar-refractivity contribution in [1.82, 2.24) is 5.32 Å². The third-order valence-electron chi connectivity index (χ3n) is 2.15. The number of hydrogen-bond donors (Lipinski definition) is 2. The summed E-state index contributed by atoms with van der Waals surface area (Å²) in [7, 11) is 0. The maximum atomic E-state index is 8.57. The Bertz CT molecular complexity index is 104. The van der Waals surface area contributed by atoms with Crippen LogP contribution in [0.15, 0.2) is 0 Å². The molecule has 0 rings (SSSR count). The van der Waals surface area contributed by atoms with Crippen LogP contribution in [0.25, 0.3) is 0 Å². The Morgan fingerprint density at radius 3 is 2.31 bits per heavy atom. The summed E-state index contributed by atoms with van der Waals surface area (Å²) in [5.74, 6) is 0.778. The zero-order valence-electron chi connectivity index (χ0n) is 9.34. The van der Waals surface area contributed by atoms with Crippen LogP contribution in [0.3, 0.4) is 0 Å². The molecule has 0 aromatic carbocycles. The van der Waals surface area contributed by atoms with Crippen LogP contribution in [-0.4, -0.2) is 24.3 Å². The van der Waals surface area contributed by atoms with Gasteiger partial charge in [-0.2, -0.15) is 0 Å². The molecule has 0 aromatic heterocycles. The first-order valence-electron chi connectivity index (χ1n) is 5.51. The predicted molar refractivity (Wildman–Crippen MR) is 57.9 cm³/mol. The number of hydrogen-bond acceptors (Lipinski definition) is 2. The van der Waals surface area contributed by atoms with Gasteiger partial charge in [0.1, 0.15) is 0 Å². The third-order valence-corrected chi connectivity index (χ3v) is 2.15. The quantitative estimate of drug-likeness (QED) is 0.571. The first-order chi connectivity index (χ1) is 6.16. The van der Waals surface area contributed by atoms with E-state index >= 15 is 0 Å². The van der Waals surface area contributed by atoms with Crippen molar-refractivity contribution in [1.29, 1.82) is 0 Å². The van der Waals surface area contributed by atoms with Crippen LogP contribution in [0, 0.1) is 5.92 Å². The SMILES string of the molecule is CC(C)CC(C)NCCCCCO. The molecule has 2 nitrogen and oxygen atoms in total. The molecule has 0 amide bonds. The van der Waals surface area contributed by atoms with Crippen LogP contribution < -0.4 is 5.32 Å². The van der Waals surface area contributed by atoms with Gasteiger partial charge >= 0.3 is 0 Å². The Labute approximate surface area is 82.7 Å². The van der Waals surface area contributed by atoms with Gasteiger partial charge in [0.2, 0.25) is 0 Å². The first-order valence-corrected chi connectivity index (χ1v) is 5.51. The molecule has 0 fully saturated rings. The molecule has 0 spiro atoms. The van der Waals surface area contributed by atoms with Gasteiger partial charge in [0, 0.05) is 12.6 Å². The van der Waals surface area contributed by atoms with Crippen LogP contribution >= 0.6 is 0 Å². The van der Waals surface area contributed by atoms with E-state index in [9.17, 15) is 0 Å². The van der Waals surface area contributed by atoms with Gasteiger partial charge in [-0.3, -0.25) is 0 Å². The van der Waals surface area contributed by atoms with Crippen molar-refractivity contribution in [2.45, 2.75) is 52.5 Å². The molecule has 0 heterocycles. The maximum absolute atomic E-state index is 8.57. The second kappa shape index (κ2) is 8.52. The molecule has 0 bridgehead atoms. The molecule has 0 aliphatic carbocycles. The van der Waals surface area contributed by atoms with E-state index in [-0.39, 0.29) is 0 Å². The van der Waals surface area contributed by atoms with Crippen LogP contribution in [0.2, 0.25) is 0 Å². The standard InChI is InChI=1S/C11H25NO/c1-10(2)9-11(3)12-7-5-4-6-8-13/h10-13H,4-9H2,1-3H3. The second-order valence-electron chi connectivity index (χ2n) is 4.27. The zero-order valence-corrected chi connectivity index (χ0v) is 9.34. The number of nitrogens with one attached hydrogen (secondary N) is 1. The van der Waals surface area contributed by atoms with Crippen molar-refractivity contribution < 1.29 is 5.11 Å². The van der Waals surface area contributed by atoms with E-state index in [1.165, 1.54) is 12.8 Å². The lowest BCUT2D eigenvalue weighted by molar-refractivity contribution is 0.282. The lowest BCUT2D eigenvalue weighted by atomic mass is 10.1. The van der Waals surface area contributed by atoms with Crippen molar-refractivity contribution in [3.63, 3.8) is 0 Å². The van der Waals surface area contributed by atoms with Gasteiger partial charge in [-0.1, -0.05) is 13.8 Å². The normalized spacial score (nSPS) is 13.6.